The molecule has 2 rings (SSSR count). The average Bonchev–Trinajstić information content (AvgIpc) is 3.10. The molecule has 1 saturated carbocycles. The predicted molar refractivity (Wildman–Crippen MR) is 61.0 cm³/mol. The molecule has 1 aromatic rings. The number of aryl methyl sites for hydroxylation is 1. The monoisotopic (exact) mass is 269 g/mol. The zero-order valence-electron chi connectivity index (χ0n) is 10.5. The number of nitrogens with zero attached hydrogens (tertiary/aromatic N) is 2. The van der Waals surface area contributed by atoms with Crippen LogP contribution in [0.1, 0.15) is 24.6 Å². The molecule has 1 aliphatic rings. The number of hydrogen-bond acceptors (Lipinski definition) is 6. The number of aliphatic carboxylic acids is 1. The van der Waals surface area contributed by atoms with E-state index in [2.05, 4.69) is 15.5 Å². The summed E-state index contributed by atoms with van der Waals surface area (Å²) in [6.45, 7) is 1.46. The molecular formula is C11H15N3O5. The normalized spacial score (nSPS) is 16.1. The lowest BCUT2D eigenvalue weighted by atomic mass is 10.2. The van der Waals surface area contributed by atoms with E-state index in [4.69, 9.17) is 14.4 Å². The van der Waals surface area contributed by atoms with E-state index in [0.717, 1.165) is 12.8 Å². The number of nitrogens with one attached hydrogen (secondary N) is 1. The van der Waals surface area contributed by atoms with E-state index in [-0.39, 0.29) is 25.0 Å². The van der Waals surface area contributed by atoms with Gasteiger partial charge < -0.3 is 19.7 Å². The molecule has 1 aliphatic carbocycles. The molecule has 1 heterocycles. The van der Waals surface area contributed by atoms with Crippen LogP contribution in [0.4, 0.5) is 0 Å². The first kappa shape index (κ1) is 13.5. The Morgan fingerprint density at radius 1 is 1.58 bits per heavy atom. The molecule has 1 aromatic heterocycles. The van der Waals surface area contributed by atoms with Crippen molar-refractivity contribution in [2.45, 2.75) is 32.4 Å². The summed E-state index contributed by atoms with van der Waals surface area (Å²) in [5.74, 6) is -0.663. The molecule has 1 unspecified atom stereocenters. The van der Waals surface area contributed by atoms with Gasteiger partial charge in [-0.3, -0.25) is 4.79 Å². The standard InChI is InChI=1S/C11H15N3O5/c1-6-12-9(19-14-6)5-18-4-8(15)13-10(11(16)17)7-2-3-7/h7,10H,2-5H2,1H3,(H,13,15)(H,16,17). The van der Waals surface area contributed by atoms with Crippen LogP contribution < -0.4 is 5.32 Å². The molecule has 0 bridgehead atoms. The molecule has 104 valence electrons. The molecule has 8 nitrogen and oxygen atoms in total. The van der Waals surface area contributed by atoms with Gasteiger partial charge in [-0.05, 0) is 25.7 Å². The smallest absolute Gasteiger partial charge is 0.326 e. The second kappa shape index (κ2) is 5.79. The summed E-state index contributed by atoms with van der Waals surface area (Å²) in [5, 5.41) is 15.0. The first-order valence-corrected chi connectivity index (χ1v) is 5.95. The Kier molecular flexibility index (Phi) is 4.10. The Morgan fingerprint density at radius 3 is 2.84 bits per heavy atom. The lowest BCUT2D eigenvalue weighted by molar-refractivity contribution is -0.143. The van der Waals surface area contributed by atoms with E-state index >= 15 is 0 Å². The van der Waals surface area contributed by atoms with Crippen LogP contribution in [0.2, 0.25) is 0 Å². The summed E-state index contributed by atoms with van der Waals surface area (Å²) in [6.07, 6.45) is 1.67. The van der Waals surface area contributed by atoms with E-state index in [1.807, 2.05) is 0 Å². The number of carboxylic acids is 1. The van der Waals surface area contributed by atoms with Gasteiger partial charge in [0.1, 0.15) is 19.3 Å². The van der Waals surface area contributed by atoms with Crippen LogP contribution in [-0.2, 0) is 20.9 Å². The van der Waals surface area contributed by atoms with Crippen LogP contribution in [-0.4, -0.2) is 39.8 Å². The number of hydrogen-bond donors (Lipinski definition) is 2. The number of carbonyl (C=O) groups excluding carboxylic acids is 1. The van der Waals surface area contributed by atoms with E-state index in [9.17, 15) is 9.59 Å². The van der Waals surface area contributed by atoms with Crippen LogP contribution in [0.5, 0.6) is 0 Å². The Balaban J connectivity index is 1.70. The largest absolute Gasteiger partial charge is 0.480 e. The molecule has 1 fully saturated rings. The highest BCUT2D eigenvalue weighted by Crippen LogP contribution is 2.32. The number of carboxylic acid groups (broad SMARTS) is 1. The maximum Gasteiger partial charge on any atom is 0.326 e. The quantitative estimate of drug-likeness (QED) is 0.708. The van der Waals surface area contributed by atoms with Crippen molar-refractivity contribution in [3.63, 3.8) is 0 Å². The summed E-state index contributed by atoms with van der Waals surface area (Å²) < 4.78 is 9.88. The molecule has 8 heteroatoms. The summed E-state index contributed by atoms with van der Waals surface area (Å²) in [4.78, 5) is 26.4. The van der Waals surface area contributed by atoms with Crippen molar-refractivity contribution in [1.29, 1.82) is 0 Å². The van der Waals surface area contributed by atoms with Crippen LogP contribution in [0.3, 0.4) is 0 Å². The predicted octanol–water partition coefficient (Wildman–Crippen LogP) is -0.126. The van der Waals surface area contributed by atoms with Gasteiger partial charge in [0.15, 0.2) is 5.82 Å². The maximum atomic E-state index is 11.5. The fraction of sp³-hybridized carbons (Fsp3) is 0.636. The van der Waals surface area contributed by atoms with Gasteiger partial charge in [-0.15, -0.1) is 0 Å². The van der Waals surface area contributed by atoms with Crippen molar-refractivity contribution in [2.24, 2.45) is 5.92 Å². The van der Waals surface area contributed by atoms with Gasteiger partial charge in [0.25, 0.3) is 5.89 Å². The van der Waals surface area contributed by atoms with Gasteiger partial charge >= 0.3 is 5.97 Å². The number of amides is 1. The van der Waals surface area contributed by atoms with E-state index in [0.29, 0.717) is 5.82 Å². The van der Waals surface area contributed by atoms with Gasteiger partial charge in [-0.2, -0.15) is 4.98 Å². The number of aromatic nitrogens is 2. The lowest BCUT2D eigenvalue weighted by Gasteiger charge is -2.13. The third-order valence-corrected chi connectivity index (χ3v) is 2.70. The van der Waals surface area contributed by atoms with Gasteiger partial charge in [0, 0.05) is 0 Å². The highest BCUT2D eigenvalue weighted by molar-refractivity contribution is 5.84. The Labute approximate surface area is 109 Å². The van der Waals surface area contributed by atoms with Crippen LogP contribution in [0.25, 0.3) is 0 Å². The van der Waals surface area contributed by atoms with Crippen LogP contribution >= 0.6 is 0 Å². The van der Waals surface area contributed by atoms with Crippen LogP contribution in [0.15, 0.2) is 4.52 Å². The highest BCUT2D eigenvalue weighted by Gasteiger charge is 2.37. The minimum Gasteiger partial charge on any atom is -0.480 e. The SMILES string of the molecule is Cc1noc(COCC(=O)NC(C(=O)O)C2CC2)n1. The Bertz CT molecular complexity index is 469. The van der Waals surface area contributed by atoms with Crippen molar-refractivity contribution in [3.8, 4) is 0 Å². The first-order chi connectivity index (χ1) is 9.06. The number of rotatable bonds is 7. The van der Waals surface area contributed by atoms with Crippen molar-refractivity contribution in [2.75, 3.05) is 6.61 Å². The van der Waals surface area contributed by atoms with Gasteiger partial charge in [0.2, 0.25) is 5.91 Å². The average molecular weight is 269 g/mol. The first-order valence-electron chi connectivity index (χ1n) is 5.95. The van der Waals surface area contributed by atoms with Gasteiger partial charge in [-0.1, -0.05) is 5.16 Å². The maximum absolute atomic E-state index is 11.5. The molecule has 0 radical (unpaired) electrons. The molecule has 0 saturated heterocycles. The van der Waals surface area contributed by atoms with Gasteiger partial charge in [-0.25, -0.2) is 4.79 Å². The minimum absolute atomic E-state index is 0.0232. The van der Waals surface area contributed by atoms with Crippen LogP contribution in [0, 0.1) is 12.8 Å². The molecule has 2 N–H and O–H groups in total. The minimum atomic E-state index is -1.01. The number of carbonyl (C=O) groups is 2. The number of ether oxygens (including phenoxy) is 1. The molecule has 0 aliphatic heterocycles. The third kappa shape index (κ3) is 4.02. The topological polar surface area (TPSA) is 115 Å². The van der Waals surface area contributed by atoms with Crippen molar-refractivity contribution in [1.82, 2.24) is 15.5 Å². The molecule has 19 heavy (non-hydrogen) atoms. The lowest BCUT2D eigenvalue weighted by Crippen LogP contribution is -2.43. The van der Waals surface area contributed by atoms with Crippen molar-refractivity contribution in [3.05, 3.63) is 11.7 Å². The fourth-order valence-corrected chi connectivity index (χ4v) is 1.66. The zero-order valence-corrected chi connectivity index (χ0v) is 10.5. The van der Waals surface area contributed by atoms with E-state index < -0.39 is 17.9 Å². The summed E-state index contributed by atoms with van der Waals surface area (Å²) in [6, 6.07) is -0.818. The Morgan fingerprint density at radius 2 is 2.32 bits per heavy atom. The molecule has 1 amide bonds. The van der Waals surface area contributed by atoms with E-state index in [1.165, 1.54) is 0 Å². The Hall–Kier alpha value is -1.96. The van der Waals surface area contributed by atoms with E-state index in [1.54, 1.807) is 6.92 Å². The second-order valence-electron chi connectivity index (χ2n) is 4.45. The van der Waals surface area contributed by atoms with Crippen molar-refractivity contribution < 1.29 is 24.0 Å². The third-order valence-electron chi connectivity index (χ3n) is 2.70. The molecular weight excluding hydrogens is 254 g/mol. The van der Waals surface area contributed by atoms with Gasteiger partial charge in [0.05, 0.1) is 0 Å². The summed E-state index contributed by atoms with van der Waals surface area (Å²) in [5.41, 5.74) is 0. The molecule has 0 spiro atoms. The fourth-order valence-electron chi connectivity index (χ4n) is 1.66. The highest BCUT2D eigenvalue weighted by atomic mass is 16.5. The molecule has 0 aromatic carbocycles. The summed E-state index contributed by atoms with van der Waals surface area (Å²) >= 11 is 0. The second-order valence-corrected chi connectivity index (χ2v) is 4.45. The van der Waals surface area contributed by atoms with Crippen molar-refractivity contribution >= 4 is 11.9 Å². The zero-order chi connectivity index (χ0) is 13.8. The summed E-state index contributed by atoms with van der Waals surface area (Å²) in [7, 11) is 0. The molecule has 1 atom stereocenters.